The first kappa shape index (κ1) is 23.1. The van der Waals surface area contributed by atoms with Crippen LogP contribution in [0.1, 0.15) is 25.8 Å². The molecule has 0 spiro atoms. The molecule has 0 fully saturated rings. The van der Waals surface area contributed by atoms with Crippen LogP contribution in [-0.4, -0.2) is 32.7 Å². The standard InChI is InChI=1S/C21H30N4O.HI/c1-16(2)26-20-13-9-18(10-14-20)24-21(22)23-15-5-6-17-7-11-19(12-8-17)25(3)4;/h7-14,16H,5-6,15H2,1-4H3,(H3,22,23,24);1H. The summed E-state index contributed by atoms with van der Waals surface area (Å²) in [4.78, 5) is 6.49. The van der Waals surface area contributed by atoms with Crippen molar-refractivity contribution in [2.75, 3.05) is 30.9 Å². The molecule has 5 nitrogen and oxygen atoms in total. The lowest BCUT2D eigenvalue weighted by atomic mass is 10.1. The van der Waals surface area contributed by atoms with Crippen LogP contribution < -0.4 is 20.7 Å². The van der Waals surface area contributed by atoms with E-state index in [2.05, 4.69) is 39.5 Å². The van der Waals surface area contributed by atoms with E-state index in [1.165, 1.54) is 11.3 Å². The summed E-state index contributed by atoms with van der Waals surface area (Å²) in [6, 6.07) is 16.3. The molecular formula is C21H31IN4O. The van der Waals surface area contributed by atoms with Gasteiger partial charge in [-0.05, 0) is 68.7 Å². The average molecular weight is 482 g/mol. The van der Waals surface area contributed by atoms with Gasteiger partial charge in [-0.3, -0.25) is 4.99 Å². The molecule has 6 heteroatoms. The molecule has 0 radical (unpaired) electrons. The predicted molar refractivity (Wildman–Crippen MR) is 127 cm³/mol. The van der Waals surface area contributed by atoms with Gasteiger partial charge in [0.25, 0.3) is 0 Å². The lowest BCUT2D eigenvalue weighted by Gasteiger charge is -2.12. The molecule has 27 heavy (non-hydrogen) atoms. The second-order valence-electron chi connectivity index (χ2n) is 6.75. The van der Waals surface area contributed by atoms with Gasteiger partial charge in [-0.25, -0.2) is 0 Å². The van der Waals surface area contributed by atoms with Gasteiger partial charge in [0, 0.05) is 32.0 Å². The van der Waals surface area contributed by atoms with E-state index in [4.69, 9.17) is 10.5 Å². The number of anilines is 2. The third-order valence-corrected chi connectivity index (χ3v) is 3.86. The summed E-state index contributed by atoms with van der Waals surface area (Å²) in [6.45, 7) is 4.71. The van der Waals surface area contributed by atoms with Crippen molar-refractivity contribution in [1.29, 1.82) is 0 Å². The van der Waals surface area contributed by atoms with Crippen molar-refractivity contribution in [1.82, 2.24) is 0 Å². The molecule has 0 heterocycles. The van der Waals surface area contributed by atoms with Crippen LogP contribution in [0.15, 0.2) is 53.5 Å². The molecule has 0 aliphatic rings. The Balaban J connectivity index is 0.00000364. The van der Waals surface area contributed by atoms with Gasteiger partial charge in [-0.15, -0.1) is 24.0 Å². The highest BCUT2D eigenvalue weighted by Crippen LogP contribution is 2.17. The summed E-state index contributed by atoms with van der Waals surface area (Å²) in [6.07, 6.45) is 2.12. The zero-order chi connectivity index (χ0) is 18.9. The van der Waals surface area contributed by atoms with Crippen LogP contribution in [-0.2, 0) is 6.42 Å². The molecule has 0 saturated heterocycles. The fourth-order valence-corrected chi connectivity index (χ4v) is 2.52. The Morgan fingerprint density at radius 3 is 2.26 bits per heavy atom. The topological polar surface area (TPSA) is 62.9 Å². The molecule has 0 aliphatic carbocycles. The maximum absolute atomic E-state index is 5.96. The normalized spacial score (nSPS) is 11.1. The van der Waals surface area contributed by atoms with E-state index < -0.39 is 0 Å². The number of hydrogen-bond donors (Lipinski definition) is 2. The Kier molecular flexibility index (Phi) is 9.99. The van der Waals surface area contributed by atoms with E-state index in [0.29, 0.717) is 12.5 Å². The number of guanidine groups is 1. The maximum atomic E-state index is 5.96. The number of hydrogen-bond acceptors (Lipinski definition) is 3. The van der Waals surface area contributed by atoms with E-state index in [9.17, 15) is 0 Å². The summed E-state index contributed by atoms with van der Waals surface area (Å²) < 4.78 is 5.62. The molecule has 0 bridgehead atoms. The number of rotatable bonds is 8. The maximum Gasteiger partial charge on any atom is 0.193 e. The molecule has 0 amide bonds. The number of aryl methyl sites for hydroxylation is 1. The Bertz CT molecular complexity index is 697. The van der Waals surface area contributed by atoms with Crippen LogP contribution in [0.25, 0.3) is 0 Å². The van der Waals surface area contributed by atoms with Crippen LogP contribution in [0.2, 0.25) is 0 Å². The SMILES string of the molecule is CC(C)Oc1ccc(NC(N)=NCCCc2ccc(N(C)C)cc2)cc1.I. The quantitative estimate of drug-likeness (QED) is 0.252. The average Bonchev–Trinajstić information content (AvgIpc) is 2.60. The van der Waals surface area contributed by atoms with Gasteiger partial charge >= 0.3 is 0 Å². The minimum atomic E-state index is 0. The van der Waals surface area contributed by atoms with E-state index in [-0.39, 0.29) is 30.1 Å². The van der Waals surface area contributed by atoms with Crippen molar-refractivity contribution >= 4 is 41.3 Å². The van der Waals surface area contributed by atoms with Gasteiger partial charge in [0.05, 0.1) is 6.10 Å². The molecule has 2 aromatic carbocycles. The number of aliphatic imine (C=N–C) groups is 1. The minimum Gasteiger partial charge on any atom is -0.491 e. The summed E-state index contributed by atoms with van der Waals surface area (Å²) >= 11 is 0. The molecule has 3 N–H and O–H groups in total. The predicted octanol–water partition coefficient (Wildman–Crippen LogP) is 4.52. The van der Waals surface area contributed by atoms with Gasteiger partial charge in [-0.2, -0.15) is 0 Å². The molecule has 0 unspecified atom stereocenters. The van der Waals surface area contributed by atoms with E-state index in [1.807, 2.05) is 52.2 Å². The van der Waals surface area contributed by atoms with Gasteiger partial charge < -0.3 is 20.7 Å². The molecule has 0 aromatic heterocycles. The number of nitrogens with two attached hydrogens (primary N) is 1. The van der Waals surface area contributed by atoms with Gasteiger partial charge in [0.1, 0.15) is 5.75 Å². The summed E-state index contributed by atoms with van der Waals surface area (Å²) in [5.74, 6) is 1.28. The van der Waals surface area contributed by atoms with E-state index in [1.54, 1.807) is 0 Å². The Morgan fingerprint density at radius 1 is 1.07 bits per heavy atom. The van der Waals surface area contributed by atoms with E-state index >= 15 is 0 Å². The zero-order valence-electron chi connectivity index (χ0n) is 16.6. The fraction of sp³-hybridized carbons (Fsp3) is 0.381. The second-order valence-corrected chi connectivity index (χ2v) is 6.75. The molecule has 148 valence electrons. The van der Waals surface area contributed by atoms with Gasteiger partial charge in [0.2, 0.25) is 0 Å². The van der Waals surface area contributed by atoms with Gasteiger partial charge in [0.15, 0.2) is 5.96 Å². The highest BCUT2D eigenvalue weighted by Gasteiger charge is 2.00. The van der Waals surface area contributed by atoms with Crippen LogP contribution in [0.3, 0.4) is 0 Å². The lowest BCUT2D eigenvalue weighted by molar-refractivity contribution is 0.242. The summed E-state index contributed by atoms with van der Waals surface area (Å²) in [7, 11) is 4.09. The lowest BCUT2D eigenvalue weighted by Crippen LogP contribution is -2.22. The molecule has 2 aromatic rings. The first-order valence-corrected chi connectivity index (χ1v) is 9.04. The fourth-order valence-electron chi connectivity index (χ4n) is 2.52. The molecule has 0 saturated carbocycles. The van der Waals surface area contributed by atoms with Crippen molar-refractivity contribution in [3.8, 4) is 5.75 Å². The number of nitrogens with zero attached hydrogens (tertiary/aromatic N) is 2. The Morgan fingerprint density at radius 2 is 1.70 bits per heavy atom. The first-order valence-electron chi connectivity index (χ1n) is 9.04. The first-order chi connectivity index (χ1) is 12.4. The van der Waals surface area contributed by atoms with E-state index in [0.717, 1.165) is 24.3 Å². The molecule has 2 rings (SSSR count). The molecule has 0 aliphatic heterocycles. The van der Waals surface area contributed by atoms with Crippen LogP contribution in [0.5, 0.6) is 5.75 Å². The van der Waals surface area contributed by atoms with Crippen molar-refractivity contribution in [2.45, 2.75) is 32.8 Å². The second kappa shape index (κ2) is 11.7. The Labute approximate surface area is 180 Å². The summed E-state index contributed by atoms with van der Waals surface area (Å²) in [5, 5.41) is 3.11. The minimum absolute atomic E-state index is 0. The highest BCUT2D eigenvalue weighted by molar-refractivity contribution is 14.0. The number of nitrogens with one attached hydrogen (secondary N) is 1. The van der Waals surface area contributed by atoms with Crippen molar-refractivity contribution < 1.29 is 4.74 Å². The third-order valence-electron chi connectivity index (χ3n) is 3.86. The number of benzene rings is 2. The largest absolute Gasteiger partial charge is 0.491 e. The molecule has 0 atom stereocenters. The number of ether oxygens (including phenoxy) is 1. The summed E-state index contributed by atoms with van der Waals surface area (Å²) in [5.41, 5.74) is 9.39. The Hall–Kier alpha value is -1.96. The van der Waals surface area contributed by atoms with Crippen molar-refractivity contribution in [2.24, 2.45) is 10.7 Å². The van der Waals surface area contributed by atoms with Crippen LogP contribution in [0, 0.1) is 0 Å². The monoisotopic (exact) mass is 482 g/mol. The number of halogens is 1. The third kappa shape index (κ3) is 8.51. The van der Waals surface area contributed by atoms with Crippen molar-refractivity contribution in [3.05, 3.63) is 54.1 Å². The van der Waals surface area contributed by atoms with Gasteiger partial charge in [-0.1, -0.05) is 12.1 Å². The van der Waals surface area contributed by atoms with Crippen molar-refractivity contribution in [3.63, 3.8) is 0 Å². The highest BCUT2D eigenvalue weighted by atomic mass is 127. The van der Waals surface area contributed by atoms with Crippen LogP contribution in [0.4, 0.5) is 11.4 Å². The van der Waals surface area contributed by atoms with Crippen LogP contribution >= 0.6 is 24.0 Å². The molecular weight excluding hydrogens is 451 g/mol. The zero-order valence-corrected chi connectivity index (χ0v) is 18.9. The smallest absolute Gasteiger partial charge is 0.193 e.